The summed E-state index contributed by atoms with van der Waals surface area (Å²) >= 11 is 0. The summed E-state index contributed by atoms with van der Waals surface area (Å²) in [5.41, 5.74) is 0. The van der Waals surface area contributed by atoms with Gasteiger partial charge in [-0.25, -0.2) is 0 Å². The molecule has 0 aromatic rings. The largest absolute Gasteiger partial charge is 0.516 e. The molecule has 0 bridgehead atoms. The Morgan fingerprint density at radius 1 is 0.440 bits per heavy atom. The van der Waals surface area contributed by atoms with E-state index < -0.39 is 0 Å². The van der Waals surface area contributed by atoms with Gasteiger partial charge >= 0.3 is 0 Å². The minimum atomic E-state index is 1.04. The van der Waals surface area contributed by atoms with Gasteiger partial charge in [0.2, 0.25) is 0 Å². The molecule has 0 aromatic heterocycles. The lowest BCUT2D eigenvalue weighted by Gasteiger charge is -2.04. The quantitative estimate of drug-likeness (QED) is 0.161. The first-order valence-corrected chi connectivity index (χ1v) is 11.7. The zero-order chi connectivity index (χ0) is 18.3. The minimum absolute atomic E-state index is 1.04. The lowest BCUT2D eigenvalue weighted by atomic mass is 10.0. The van der Waals surface area contributed by atoms with Crippen LogP contribution in [0.5, 0.6) is 0 Å². The van der Waals surface area contributed by atoms with Crippen molar-refractivity contribution in [2.45, 2.75) is 142 Å². The van der Waals surface area contributed by atoms with Gasteiger partial charge in [-0.05, 0) is 12.8 Å². The smallest absolute Gasteiger partial charge is 0.0751 e. The summed E-state index contributed by atoms with van der Waals surface area (Å²) in [6.45, 7) is 2.29. The predicted octanol–water partition coefficient (Wildman–Crippen LogP) is 9.27. The monoisotopic (exact) mass is 352 g/mol. The lowest BCUT2D eigenvalue weighted by molar-refractivity contribution is 0.469. The molecule has 0 spiro atoms. The summed E-state index contributed by atoms with van der Waals surface area (Å²) in [4.78, 5) is 0. The standard InChI is InChI=1S/C24H48O/c1-2-3-4-5-6-7-8-9-10-11-12-13-14-15-16-17-18-19-20-21-22-23-24-25/h23-25H,2-22H2,1H3/b24-23-. The molecule has 0 rings (SSSR count). The summed E-state index contributed by atoms with van der Waals surface area (Å²) in [5.74, 6) is 0. The van der Waals surface area contributed by atoms with Crippen LogP contribution >= 0.6 is 0 Å². The molecule has 0 saturated carbocycles. The van der Waals surface area contributed by atoms with E-state index in [1.54, 1.807) is 0 Å². The highest BCUT2D eigenvalue weighted by Gasteiger charge is 1.95. The second-order valence-corrected chi connectivity index (χ2v) is 7.89. The molecular formula is C24H48O. The lowest BCUT2D eigenvalue weighted by Crippen LogP contribution is -1.84. The Morgan fingerprint density at radius 2 is 0.720 bits per heavy atom. The van der Waals surface area contributed by atoms with Gasteiger partial charge in [0.05, 0.1) is 6.26 Å². The van der Waals surface area contributed by atoms with Crippen molar-refractivity contribution in [3.8, 4) is 0 Å². The third kappa shape index (κ3) is 23.5. The summed E-state index contributed by atoms with van der Waals surface area (Å²) in [5, 5.41) is 8.54. The topological polar surface area (TPSA) is 20.2 Å². The van der Waals surface area contributed by atoms with E-state index >= 15 is 0 Å². The zero-order valence-electron chi connectivity index (χ0n) is 17.5. The van der Waals surface area contributed by atoms with E-state index in [1.165, 1.54) is 135 Å². The van der Waals surface area contributed by atoms with E-state index in [0.29, 0.717) is 0 Å². The highest BCUT2D eigenvalue weighted by atomic mass is 16.2. The molecule has 0 heterocycles. The fourth-order valence-corrected chi connectivity index (χ4v) is 3.59. The van der Waals surface area contributed by atoms with Gasteiger partial charge in [-0.3, -0.25) is 0 Å². The fraction of sp³-hybridized carbons (Fsp3) is 0.917. The number of hydrogen-bond acceptors (Lipinski definition) is 1. The van der Waals surface area contributed by atoms with Crippen molar-refractivity contribution in [1.82, 2.24) is 0 Å². The van der Waals surface area contributed by atoms with Crippen LogP contribution < -0.4 is 0 Å². The Morgan fingerprint density at radius 3 is 1.00 bits per heavy atom. The van der Waals surface area contributed by atoms with Crippen LogP contribution in [0.4, 0.5) is 0 Å². The first-order valence-electron chi connectivity index (χ1n) is 11.7. The van der Waals surface area contributed by atoms with Crippen molar-refractivity contribution in [2.75, 3.05) is 0 Å². The molecule has 0 amide bonds. The molecule has 1 heteroatoms. The Labute approximate surface area is 159 Å². The SMILES string of the molecule is CCCCCCCCCCCCCCCCCCCCCC/C=C\O. The van der Waals surface area contributed by atoms with E-state index in [9.17, 15) is 0 Å². The molecule has 0 aliphatic rings. The van der Waals surface area contributed by atoms with Gasteiger partial charge in [-0.15, -0.1) is 0 Å². The summed E-state index contributed by atoms with van der Waals surface area (Å²) in [7, 11) is 0. The van der Waals surface area contributed by atoms with Gasteiger partial charge in [0.1, 0.15) is 0 Å². The Balaban J connectivity index is 2.96. The molecule has 150 valence electrons. The summed E-state index contributed by atoms with van der Waals surface area (Å²) in [6, 6.07) is 0. The van der Waals surface area contributed by atoms with Crippen LogP contribution in [0, 0.1) is 0 Å². The van der Waals surface area contributed by atoms with E-state index in [4.69, 9.17) is 5.11 Å². The molecule has 1 N–H and O–H groups in total. The second-order valence-electron chi connectivity index (χ2n) is 7.89. The van der Waals surface area contributed by atoms with Crippen molar-refractivity contribution in [3.63, 3.8) is 0 Å². The maximum Gasteiger partial charge on any atom is 0.0751 e. The fourth-order valence-electron chi connectivity index (χ4n) is 3.59. The van der Waals surface area contributed by atoms with Gasteiger partial charge < -0.3 is 5.11 Å². The normalized spacial score (nSPS) is 11.6. The molecule has 0 aliphatic carbocycles. The van der Waals surface area contributed by atoms with Crippen LogP contribution in [0.1, 0.15) is 142 Å². The molecule has 0 aliphatic heterocycles. The maximum absolute atomic E-state index is 8.54. The van der Waals surface area contributed by atoms with Gasteiger partial charge in [-0.2, -0.15) is 0 Å². The van der Waals surface area contributed by atoms with Crippen molar-refractivity contribution in [3.05, 3.63) is 12.3 Å². The highest BCUT2D eigenvalue weighted by molar-refractivity contribution is 4.70. The Kier molecular flexibility index (Phi) is 23.1. The molecule has 1 nitrogen and oxygen atoms in total. The van der Waals surface area contributed by atoms with Gasteiger partial charge in [0.15, 0.2) is 0 Å². The van der Waals surface area contributed by atoms with E-state index in [1.807, 2.05) is 6.08 Å². The molecule has 25 heavy (non-hydrogen) atoms. The van der Waals surface area contributed by atoms with Gasteiger partial charge in [0.25, 0.3) is 0 Å². The first-order chi connectivity index (χ1) is 12.4. The maximum atomic E-state index is 8.54. The summed E-state index contributed by atoms with van der Waals surface area (Å²) < 4.78 is 0. The predicted molar refractivity (Wildman–Crippen MR) is 114 cm³/mol. The van der Waals surface area contributed by atoms with Crippen LogP contribution in [0.25, 0.3) is 0 Å². The van der Waals surface area contributed by atoms with Crippen molar-refractivity contribution < 1.29 is 5.11 Å². The molecule has 0 aromatic carbocycles. The molecule has 0 saturated heterocycles. The number of rotatable bonds is 21. The Bertz CT molecular complexity index is 246. The number of aliphatic hydroxyl groups is 1. The number of allylic oxidation sites excluding steroid dienone is 1. The first kappa shape index (κ1) is 24.5. The number of unbranched alkanes of at least 4 members (excludes halogenated alkanes) is 20. The molecule has 0 unspecified atom stereocenters. The van der Waals surface area contributed by atoms with E-state index in [-0.39, 0.29) is 0 Å². The van der Waals surface area contributed by atoms with Crippen LogP contribution in [-0.2, 0) is 0 Å². The molecule has 0 atom stereocenters. The highest BCUT2D eigenvalue weighted by Crippen LogP contribution is 2.15. The van der Waals surface area contributed by atoms with Gasteiger partial charge in [-0.1, -0.05) is 135 Å². The molecular weight excluding hydrogens is 304 g/mol. The number of aliphatic hydroxyl groups excluding tert-OH is 1. The van der Waals surface area contributed by atoms with Crippen molar-refractivity contribution >= 4 is 0 Å². The Hall–Kier alpha value is -0.460. The average molecular weight is 353 g/mol. The number of hydrogen-bond donors (Lipinski definition) is 1. The van der Waals surface area contributed by atoms with E-state index in [2.05, 4.69) is 6.92 Å². The van der Waals surface area contributed by atoms with Crippen molar-refractivity contribution in [2.24, 2.45) is 0 Å². The third-order valence-electron chi connectivity index (χ3n) is 5.33. The van der Waals surface area contributed by atoms with Crippen LogP contribution in [-0.4, -0.2) is 5.11 Å². The third-order valence-corrected chi connectivity index (χ3v) is 5.33. The minimum Gasteiger partial charge on any atom is -0.516 e. The van der Waals surface area contributed by atoms with Crippen LogP contribution in [0.15, 0.2) is 12.3 Å². The van der Waals surface area contributed by atoms with Crippen LogP contribution in [0.2, 0.25) is 0 Å². The van der Waals surface area contributed by atoms with Gasteiger partial charge in [0, 0.05) is 0 Å². The van der Waals surface area contributed by atoms with Crippen LogP contribution in [0.3, 0.4) is 0 Å². The van der Waals surface area contributed by atoms with Crippen molar-refractivity contribution in [1.29, 1.82) is 0 Å². The molecule has 0 fully saturated rings. The zero-order valence-corrected chi connectivity index (χ0v) is 17.5. The molecule has 0 radical (unpaired) electrons. The average Bonchev–Trinajstić information content (AvgIpc) is 2.63. The summed E-state index contributed by atoms with van der Waals surface area (Å²) in [6.07, 6.45) is 32.7. The second kappa shape index (κ2) is 23.5. The van der Waals surface area contributed by atoms with E-state index in [0.717, 1.165) is 6.42 Å².